The molecule has 0 radical (unpaired) electrons. The standard InChI is InChI=1S/C22H22N2O5S/c1-13(25)14-7-8-17-15(11-14)20-16(12-22(17)9-10-22)21(23-29-20)24-30(26,27)19-6-4-3-5-18(19)28-2/h3-8,11,13,25H,9-10,12H2,1-2H3,(H,23,24)/t13-/m0/s1. The third-order valence-electron chi connectivity index (χ3n) is 6.09. The molecular weight excluding hydrogens is 404 g/mol. The van der Waals surface area contributed by atoms with Gasteiger partial charge in [0.05, 0.1) is 13.2 Å². The molecule has 1 saturated carbocycles. The number of anilines is 1. The van der Waals surface area contributed by atoms with Crippen molar-refractivity contribution in [1.82, 2.24) is 5.16 Å². The van der Waals surface area contributed by atoms with E-state index in [9.17, 15) is 13.5 Å². The summed E-state index contributed by atoms with van der Waals surface area (Å²) in [6.07, 6.45) is 2.10. The minimum absolute atomic E-state index is 0.0181. The van der Waals surface area contributed by atoms with E-state index in [0.29, 0.717) is 12.2 Å². The summed E-state index contributed by atoms with van der Waals surface area (Å²) < 4.78 is 39.5. The molecule has 156 valence electrons. The van der Waals surface area contributed by atoms with E-state index in [1.54, 1.807) is 25.1 Å². The molecule has 0 unspecified atom stereocenters. The molecule has 30 heavy (non-hydrogen) atoms. The molecule has 1 spiro atoms. The summed E-state index contributed by atoms with van der Waals surface area (Å²) in [7, 11) is -2.48. The molecule has 0 bridgehead atoms. The van der Waals surface area contributed by atoms with Crippen molar-refractivity contribution in [3.63, 3.8) is 0 Å². The van der Waals surface area contributed by atoms with Crippen molar-refractivity contribution >= 4 is 15.8 Å². The van der Waals surface area contributed by atoms with Gasteiger partial charge in [0, 0.05) is 16.5 Å². The van der Waals surface area contributed by atoms with E-state index in [4.69, 9.17) is 9.26 Å². The molecule has 2 aliphatic rings. The molecule has 3 aromatic rings. The molecule has 1 aromatic heterocycles. The monoisotopic (exact) mass is 426 g/mol. The fourth-order valence-corrected chi connectivity index (χ4v) is 5.49. The third kappa shape index (κ3) is 2.90. The van der Waals surface area contributed by atoms with E-state index in [-0.39, 0.29) is 21.9 Å². The zero-order valence-corrected chi connectivity index (χ0v) is 17.5. The van der Waals surface area contributed by atoms with Crippen LogP contribution in [0.15, 0.2) is 51.9 Å². The molecule has 1 atom stereocenters. The molecule has 2 aromatic carbocycles. The number of ether oxygens (including phenoxy) is 1. The fourth-order valence-electron chi connectivity index (χ4n) is 4.29. The van der Waals surface area contributed by atoms with Crippen LogP contribution >= 0.6 is 0 Å². The van der Waals surface area contributed by atoms with Crippen LogP contribution in [0.5, 0.6) is 5.75 Å². The van der Waals surface area contributed by atoms with Crippen LogP contribution in [-0.2, 0) is 21.9 Å². The van der Waals surface area contributed by atoms with Gasteiger partial charge in [-0.05, 0) is 55.5 Å². The van der Waals surface area contributed by atoms with Crippen molar-refractivity contribution in [3.05, 3.63) is 59.2 Å². The van der Waals surface area contributed by atoms with Crippen LogP contribution < -0.4 is 9.46 Å². The van der Waals surface area contributed by atoms with Crippen LogP contribution in [0.3, 0.4) is 0 Å². The highest BCUT2D eigenvalue weighted by atomic mass is 32.2. The lowest BCUT2D eigenvalue weighted by molar-refractivity contribution is 0.199. The number of sulfonamides is 1. The number of hydrogen-bond donors (Lipinski definition) is 2. The summed E-state index contributed by atoms with van der Waals surface area (Å²) in [6, 6.07) is 12.3. The number of nitrogens with zero attached hydrogens (tertiary/aromatic N) is 1. The second-order valence-electron chi connectivity index (χ2n) is 8.03. The molecule has 2 aliphatic carbocycles. The van der Waals surface area contributed by atoms with E-state index in [1.807, 2.05) is 12.1 Å². The number of rotatable bonds is 5. The second-order valence-corrected chi connectivity index (χ2v) is 9.68. The molecular formula is C22H22N2O5S. The van der Waals surface area contributed by atoms with E-state index in [0.717, 1.165) is 29.5 Å². The molecule has 1 fully saturated rings. The van der Waals surface area contributed by atoms with E-state index in [2.05, 4.69) is 15.9 Å². The minimum atomic E-state index is -3.91. The number of aromatic nitrogens is 1. The summed E-state index contributed by atoms with van der Waals surface area (Å²) in [5, 5.41) is 14.1. The first-order valence-corrected chi connectivity index (χ1v) is 11.3. The van der Waals surface area contributed by atoms with Gasteiger partial charge in [0.2, 0.25) is 0 Å². The van der Waals surface area contributed by atoms with Gasteiger partial charge in [-0.25, -0.2) is 8.42 Å². The number of aliphatic hydroxyl groups excluding tert-OH is 1. The van der Waals surface area contributed by atoms with Gasteiger partial charge in [0.1, 0.15) is 10.6 Å². The van der Waals surface area contributed by atoms with Crippen molar-refractivity contribution in [1.29, 1.82) is 0 Å². The van der Waals surface area contributed by atoms with Crippen molar-refractivity contribution in [3.8, 4) is 17.1 Å². The van der Waals surface area contributed by atoms with Gasteiger partial charge in [-0.1, -0.05) is 29.4 Å². The Bertz CT molecular complexity index is 1240. The quantitative estimate of drug-likeness (QED) is 0.644. The summed E-state index contributed by atoms with van der Waals surface area (Å²) in [4.78, 5) is 0.0398. The largest absolute Gasteiger partial charge is 0.495 e. The second kappa shape index (κ2) is 6.58. The first-order valence-electron chi connectivity index (χ1n) is 9.82. The predicted octanol–water partition coefficient (Wildman–Crippen LogP) is 3.79. The normalized spacial score (nSPS) is 17.2. The summed E-state index contributed by atoms with van der Waals surface area (Å²) in [5.41, 5.74) is 3.57. The maximum Gasteiger partial charge on any atom is 0.266 e. The number of nitrogens with one attached hydrogen (secondary N) is 1. The van der Waals surface area contributed by atoms with Gasteiger partial charge >= 0.3 is 0 Å². The number of para-hydroxylation sites is 1. The van der Waals surface area contributed by atoms with Gasteiger partial charge in [-0.15, -0.1) is 0 Å². The van der Waals surface area contributed by atoms with Gasteiger partial charge in [0.15, 0.2) is 11.6 Å². The van der Waals surface area contributed by atoms with Crippen LogP contribution in [0.1, 0.15) is 42.6 Å². The zero-order chi connectivity index (χ0) is 21.1. The molecule has 7 nitrogen and oxygen atoms in total. The van der Waals surface area contributed by atoms with Crippen LogP contribution in [0, 0.1) is 0 Å². The van der Waals surface area contributed by atoms with Crippen molar-refractivity contribution in [2.75, 3.05) is 11.8 Å². The Hall–Kier alpha value is -2.84. The Morgan fingerprint density at radius 3 is 2.70 bits per heavy atom. The maximum atomic E-state index is 13.0. The Morgan fingerprint density at radius 2 is 2.00 bits per heavy atom. The molecule has 8 heteroatoms. The van der Waals surface area contributed by atoms with Crippen LogP contribution in [-0.4, -0.2) is 25.8 Å². The van der Waals surface area contributed by atoms with Crippen molar-refractivity contribution in [2.24, 2.45) is 0 Å². The first kappa shape index (κ1) is 19.1. The molecule has 1 heterocycles. The summed E-state index contributed by atoms with van der Waals surface area (Å²) in [5.74, 6) is 1.02. The van der Waals surface area contributed by atoms with Crippen molar-refractivity contribution < 1.29 is 22.8 Å². The van der Waals surface area contributed by atoms with Crippen LogP contribution in [0.25, 0.3) is 11.3 Å². The number of fused-ring (bicyclic) bond motifs is 4. The third-order valence-corrected chi connectivity index (χ3v) is 7.47. The SMILES string of the molecule is COc1ccccc1S(=O)(=O)Nc1noc2c1CC1(CC1)c1ccc([C@H](C)O)cc1-2. The number of hydrogen-bond acceptors (Lipinski definition) is 6. The highest BCUT2D eigenvalue weighted by Gasteiger charge is 2.50. The Labute approximate surface area is 174 Å². The minimum Gasteiger partial charge on any atom is -0.495 e. The van der Waals surface area contributed by atoms with Crippen LogP contribution in [0.4, 0.5) is 5.82 Å². The highest BCUT2D eigenvalue weighted by Crippen LogP contribution is 2.58. The van der Waals surface area contributed by atoms with Gasteiger partial charge in [-0.2, -0.15) is 0 Å². The van der Waals surface area contributed by atoms with Crippen LogP contribution in [0.2, 0.25) is 0 Å². The zero-order valence-electron chi connectivity index (χ0n) is 16.7. The maximum absolute atomic E-state index is 13.0. The highest BCUT2D eigenvalue weighted by molar-refractivity contribution is 7.92. The lowest BCUT2D eigenvalue weighted by Crippen LogP contribution is -2.20. The molecule has 2 N–H and O–H groups in total. The Balaban J connectivity index is 1.58. The average Bonchev–Trinajstić information content (AvgIpc) is 3.41. The molecule has 0 amide bonds. The summed E-state index contributed by atoms with van der Waals surface area (Å²) >= 11 is 0. The predicted molar refractivity (Wildman–Crippen MR) is 111 cm³/mol. The smallest absolute Gasteiger partial charge is 0.266 e. The van der Waals surface area contributed by atoms with E-state index in [1.165, 1.54) is 18.7 Å². The van der Waals surface area contributed by atoms with Crippen molar-refractivity contribution in [2.45, 2.75) is 42.6 Å². The van der Waals surface area contributed by atoms with Gasteiger partial charge < -0.3 is 14.4 Å². The van der Waals surface area contributed by atoms with E-state index >= 15 is 0 Å². The number of aliphatic hydroxyl groups is 1. The first-order chi connectivity index (χ1) is 14.3. The van der Waals surface area contributed by atoms with E-state index < -0.39 is 16.1 Å². The number of methoxy groups -OCH3 is 1. The van der Waals surface area contributed by atoms with Gasteiger partial charge in [-0.3, -0.25) is 4.72 Å². The Kier molecular flexibility index (Phi) is 4.20. The molecule has 0 saturated heterocycles. The molecule has 5 rings (SSSR count). The Morgan fingerprint density at radius 1 is 1.23 bits per heavy atom. The lowest BCUT2D eigenvalue weighted by Gasteiger charge is -2.25. The average molecular weight is 426 g/mol. The van der Waals surface area contributed by atoms with Gasteiger partial charge in [0.25, 0.3) is 10.0 Å². The number of benzene rings is 2. The summed E-state index contributed by atoms with van der Waals surface area (Å²) in [6.45, 7) is 1.71. The lowest BCUT2D eigenvalue weighted by atomic mass is 9.78. The fraction of sp³-hybridized carbons (Fsp3) is 0.318. The molecule has 0 aliphatic heterocycles. The topological polar surface area (TPSA) is 102 Å².